The summed E-state index contributed by atoms with van der Waals surface area (Å²) in [4.78, 5) is 2.52. The molecule has 0 aliphatic carbocycles. The van der Waals surface area contributed by atoms with Crippen LogP contribution in [-0.4, -0.2) is 17.5 Å². The minimum absolute atomic E-state index is 0.427. The van der Waals surface area contributed by atoms with Crippen molar-refractivity contribution in [3.05, 3.63) is 35.4 Å². The van der Waals surface area contributed by atoms with E-state index in [1.165, 1.54) is 17.5 Å². The normalized spacial score (nSPS) is 22.7. The Kier molecular flexibility index (Phi) is 3.08. The van der Waals surface area contributed by atoms with E-state index >= 15 is 0 Å². The van der Waals surface area contributed by atoms with E-state index in [1.807, 2.05) is 0 Å². The second-order valence-corrected chi connectivity index (χ2v) is 4.38. The fourth-order valence-corrected chi connectivity index (χ4v) is 2.45. The maximum atomic E-state index is 5.89. The Morgan fingerprint density at radius 3 is 2.87 bits per heavy atom. The lowest BCUT2D eigenvalue weighted by Crippen LogP contribution is -2.34. The molecule has 1 heterocycles. The lowest BCUT2D eigenvalue weighted by molar-refractivity contribution is 0.157. The average molecular weight is 204 g/mol. The third-order valence-corrected chi connectivity index (χ3v) is 3.55. The molecule has 0 radical (unpaired) electrons. The first kappa shape index (κ1) is 10.7. The molecule has 15 heavy (non-hydrogen) atoms. The van der Waals surface area contributed by atoms with Gasteiger partial charge in [0.1, 0.15) is 0 Å². The van der Waals surface area contributed by atoms with E-state index in [2.05, 4.69) is 43.0 Å². The summed E-state index contributed by atoms with van der Waals surface area (Å²) >= 11 is 0. The minimum Gasteiger partial charge on any atom is -0.329 e. The summed E-state index contributed by atoms with van der Waals surface area (Å²) in [5.41, 5.74) is 8.77. The molecule has 0 spiro atoms. The number of benzene rings is 1. The van der Waals surface area contributed by atoms with Gasteiger partial charge in [-0.3, -0.25) is 4.90 Å². The second kappa shape index (κ2) is 4.33. The average Bonchev–Trinajstić information content (AvgIpc) is 2.66. The Morgan fingerprint density at radius 2 is 2.20 bits per heavy atom. The molecule has 2 rings (SSSR count). The van der Waals surface area contributed by atoms with Crippen LogP contribution in [0.3, 0.4) is 0 Å². The van der Waals surface area contributed by atoms with Crippen LogP contribution in [0, 0.1) is 0 Å². The zero-order chi connectivity index (χ0) is 10.8. The molecule has 2 unspecified atom stereocenters. The molecule has 2 N–H and O–H groups in total. The minimum atomic E-state index is 0.427. The van der Waals surface area contributed by atoms with Gasteiger partial charge in [-0.25, -0.2) is 0 Å². The number of nitrogens with two attached hydrogens (primary N) is 1. The van der Waals surface area contributed by atoms with Crippen LogP contribution in [0.5, 0.6) is 0 Å². The SMILES string of the molecule is CCC(C)N1Cc2ccccc2C1CN. The van der Waals surface area contributed by atoms with Gasteiger partial charge in [0.05, 0.1) is 0 Å². The first-order valence-corrected chi connectivity index (χ1v) is 5.81. The van der Waals surface area contributed by atoms with Crippen molar-refractivity contribution in [3.8, 4) is 0 Å². The highest BCUT2D eigenvalue weighted by Gasteiger charge is 2.30. The first-order valence-electron chi connectivity index (χ1n) is 5.81. The smallest absolute Gasteiger partial charge is 0.0480 e. The van der Waals surface area contributed by atoms with Crippen molar-refractivity contribution in [2.45, 2.75) is 38.9 Å². The van der Waals surface area contributed by atoms with Crippen LogP contribution >= 0.6 is 0 Å². The summed E-state index contributed by atoms with van der Waals surface area (Å²) in [6, 6.07) is 9.71. The molecule has 0 aromatic heterocycles. The van der Waals surface area contributed by atoms with Crippen molar-refractivity contribution in [1.29, 1.82) is 0 Å². The Bertz CT molecular complexity index is 335. The van der Waals surface area contributed by atoms with Gasteiger partial charge in [-0.05, 0) is 24.5 Å². The van der Waals surface area contributed by atoms with Gasteiger partial charge < -0.3 is 5.73 Å². The molecule has 2 nitrogen and oxygen atoms in total. The molecular weight excluding hydrogens is 184 g/mol. The van der Waals surface area contributed by atoms with Crippen LogP contribution in [0.1, 0.15) is 37.4 Å². The van der Waals surface area contributed by atoms with Crippen LogP contribution in [0.2, 0.25) is 0 Å². The predicted molar refractivity (Wildman–Crippen MR) is 63.5 cm³/mol. The van der Waals surface area contributed by atoms with E-state index in [0.717, 1.165) is 13.1 Å². The summed E-state index contributed by atoms with van der Waals surface area (Å²) in [6.45, 7) is 6.31. The Labute approximate surface area is 92.1 Å². The summed E-state index contributed by atoms with van der Waals surface area (Å²) < 4.78 is 0. The Hall–Kier alpha value is -0.860. The quantitative estimate of drug-likeness (QED) is 0.818. The van der Waals surface area contributed by atoms with Crippen molar-refractivity contribution >= 4 is 0 Å². The summed E-state index contributed by atoms with van der Waals surface area (Å²) in [5, 5.41) is 0. The van der Waals surface area contributed by atoms with Crippen LogP contribution in [-0.2, 0) is 6.54 Å². The molecule has 2 atom stereocenters. The van der Waals surface area contributed by atoms with E-state index in [0.29, 0.717) is 12.1 Å². The van der Waals surface area contributed by atoms with E-state index in [4.69, 9.17) is 5.73 Å². The van der Waals surface area contributed by atoms with Gasteiger partial charge in [-0.1, -0.05) is 31.2 Å². The molecule has 2 heteroatoms. The lowest BCUT2D eigenvalue weighted by Gasteiger charge is -2.29. The van der Waals surface area contributed by atoms with Gasteiger partial charge in [0, 0.05) is 25.2 Å². The highest BCUT2D eigenvalue weighted by molar-refractivity contribution is 5.34. The van der Waals surface area contributed by atoms with Gasteiger partial charge in [0.25, 0.3) is 0 Å². The van der Waals surface area contributed by atoms with Crippen molar-refractivity contribution < 1.29 is 0 Å². The second-order valence-electron chi connectivity index (χ2n) is 4.38. The monoisotopic (exact) mass is 204 g/mol. The van der Waals surface area contributed by atoms with Gasteiger partial charge in [0.15, 0.2) is 0 Å². The molecule has 0 fully saturated rings. The predicted octanol–water partition coefficient (Wildman–Crippen LogP) is 2.30. The number of fused-ring (bicyclic) bond motifs is 1. The van der Waals surface area contributed by atoms with Gasteiger partial charge in [-0.15, -0.1) is 0 Å². The Balaban J connectivity index is 2.28. The van der Waals surface area contributed by atoms with Crippen molar-refractivity contribution in [3.63, 3.8) is 0 Å². The fraction of sp³-hybridized carbons (Fsp3) is 0.538. The van der Waals surface area contributed by atoms with Crippen LogP contribution in [0.15, 0.2) is 24.3 Å². The zero-order valence-corrected chi connectivity index (χ0v) is 9.61. The van der Waals surface area contributed by atoms with Crippen molar-refractivity contribution in [2.24, 2.45) is 5.73 Å². The van der Waals surface area contributed by atoms with Crippen molar-refractivity contribution in [1.82, 2.24) is 4.90 Å². The Morgan fingerprint density at radius 1 is 1.47 bits per heavy atom. The lowest BCUT2D eigenvalue weighted by atomic mass is 10.0. The maximum Gasteiger partial charge on any atom is 0.0480 e. The molecule has 1 aromatic rings. The maximum absolute atomic E-state index is 5.89. The van der Waals surface area contributed by atoms with E-state index in [-0.39, 0.29) is 0 Å². The highest BCUT2D eigenvalue weighted by atomic mass is 15.2. The molecule has 1 aliphatic heterocycles. The van der Waals surface area contributed by atoms with Gasteiger partial charge in [-0.2, -0.15) is 0 Å². The number of hydrogen-bond donors (Lipinski definition) is 1. The summed E-state index contributed by atoms with van der Waals surface area (Å²) in [7, 11) is 0. The van der Waals surface area contributed by atoms with Gasteiger partial charge in [0.2, 0.25) is 0 Å². The van der Waals surface area contributed by atoms with Crippen LogP contribution in [0.4, 0.5) is 0 Å². The van der Waals surface area contributed by atoms with E-state index in [1.54, 1.807) is 0 Å². The summed E-state index contributed by atoms with van der Waals surface area (Å²) in [6.07, 6.45) is 1.19. The topological polar surface area (TPSA) is 29.3 Å². The van der Waals surface area contributed by atoms with Gasteiger partial charge >= 0.3 is 0 Å². The molecule has 0 amide bonds. The molecular formula is C13H20N2. The standard InChI is InChI=1S/C13H20N2/c1-3-10(2)15-9-11-6-4-5-7-12(11)13(15)8-14/h4-7,10,13H,3,8-9,14H2,1-2H3. The third-order valence-electron chi connectivity index (χ3n) is 3.55. The number of rotatable bonds is 3. The van der Waals surface area contributed by atoms with E-state index in [9.17, 15) is 0 Å². The molecule has 0 saturated heterocycles. The highest BCUT2D eigenvalue weighted by Crippen LogP contribution is 2.34. The van der Waals surface area contributed by atoms with Crippen molar-refractivity contribution in [2.75, 3.05) is 6.54 Å². The van der Waals surface area contributed by atoms with Crippen LogP contribution in [0.25, 0.3) is 0 Å². The van der Waals surface area contributed by atoms with E-state index < -0.39 is 0 Å². The number of nitrogens with zero attached hydrogens (tertiary/aromatic N) is 1. The van der Waals surface area contributed by atoms with Crippen LogP contribution < -0.4 is 5.73 Å². The first-order chi connectivity index (χ1) is 7.27. The molecule has 1 aliphatic rings. The largest absolute Gasteiger partial charge is 0.329 e. The molecule has 0 saturated carbocycles. The third kappa shape index (κ3) is 1.80. The zero-order valence-electron chi connectivity index (χ0n) is 9.61. The summed E-state index contributed by atoms with van der Waals surface area (Å²) in [5.74, 6) is 0. The fourth-order valence-electron chi connectivity index (χ4n) is 2.45. The molecule has 82 valence electrons. The number of hydrogen-bond acceptors (Lipinski definition) is 2. The molecule has 0 bridgehead atoms. The molecule has 1 aromatic carbocycles.